The van der Waals surface area contributed by atoms with E-state index in [-0.39, 0.29) is 22.6 Å². The fraction of sp³-hybridized carbons (Fsp3) is 0.318. The zero-order valence-corrected chi connectivity index (χ0v) is 16.5. The van der Waals surface area contributed by atoms with E-state index in [9.17, 15) is 18.7 Å². The zero-order chi connectivity index (χ0) is 21.3. The van der Waals surface area contributed by atoms with Crippen LogP contribution in [0.2, 0.25) is 0 Å². The van der Waals surface area contributed by atoms with Gasteiger partial charge in [0.05, 0.1) is 28.6 Å². The molecule has 30 heavy (non-hydrogen) atoms. The molecule has 0 radical (unpaired) electrons. The maximum atomic E-state index is 14.3. The molecule has 2 aliphatic carbocycles. The first-order chi connectivity index (χ1) is 14.3. The second-order valence-electron chi connectivity index (χ2n) is 8.55. The van der Waals surface area contributed by atoms with Crippen molar-refractivity contribution in [2.24, 2.45) is 11.3 Å². The van der Waals surface area contributed by atoms with Gasteiger partial charge >= 0.3 is 5.97 Å². The summed E-state index contributed by atoms with van der Waals surface area (Å²) in [6.07, 6.45) is 6.28. The Balaban J connectivity index is 1.69. The lowest BCUT2D eigenvalue weighted by Gasteiger charge is -2.40. The Labute approximate surface area is 171 Å². The lowest BCUT2D eigenvalue weighted by atomic mass is 9.66. The normalized spacial score (nSPS) is 26.0. The highest BCUT2D eigenvalue weighted by Crippen LogP contribution is 2.68. The average Bonchev–Trinajstić information content (AvgIpc) is 3.09. The van der Waals surface area contributed by atoms with Crippen LogP contribution in [0.3, 0.4) is 0 Å². The number of fused-ring (bicyclic) bond motifs is 4. The molecule has 0 amide bonds. The molecule has 1 aromatic carbocycles. The number of hydrazine groups is 1. The number of nitrogens with one attached hydrogen (secondary N) is 2. The van der Waals surface area contributed by atoms with E-state index < -0.39 is 23.0 Å². The maximum Gasteiger partial charge on any atom is 0.356 e. The molecular weight excluding hydrogens is 390 g/mol. The van der Waals surface area contributed by atoms with E-state index in [2.05, 4.69) is 34.7 Å². The predicted molar refractivity (Wildman–Crippen MR) is 105 cm³/mol. The summed E-state index contributed by atoms with van der Waals surface area (Å²) in [5.41, 5.74) is 7.77. The van der Waals surface area contributed by atoms with Gasteiger partial charge in [0.15, 0.2) is 5.69 Å². The van der Waals surface area contributed by atoms with Crippen molar-refractivity contribution in [1.82, 2.24) is 20.8 Å². The Morgan fingerprint density at radius 2 is 1.93 bits per heavy atom. The van der Waals surface area contributed by atoms with Crippen molar-refractivity contribution in [1.29, 1.82) is 0 Å². The minimum Gasteiger partial charge on any atom is -0.476 e. The van der Waals surface area contributed by atoms with Gasteiger partial charge in [0.2, 0.25) is 0 Å². The van der Waals surface area contributed by atoms with E-state index in [1.165, 1.54) is 24.4 Å². The number of aromatic nitrogens is 2. The molecule has 1 aliphatic heterocycles. The molecule has 5 rings (SSSR count). The van der Waals surface area contributed by atoms with E-state index in [0.29, 0.717) is 11.4 Å². The first-order valence-electron chi connectivity index (χ1n) is 9.76. The van der Waals surface area contributed by atoms with Gasteiger partial charge in [-0.1, -0.05) is 19.9 Å². The number of carbonyl (C=O) groups is 1. The monoisotopic (exact) mass is 410 g/mol. The summed E-state index contributed by atoms with van der Waals surface area (Å²) in [6.45, 7) is 4.24. The zero-order valence-electron chi connectivity index (χ0n) is 16.5. The molecule has 3 aliphatic rings. The molecule has 154 valence electrons. The molecule has 8 heteroatoms. The Hall–Kier alpha value is -3.29. The topological polar surface area (TPSA) is 87.1 Å². The first kappa shape index (κ1) is 18.7. The van der Waals surface area contributed by atoms with Crippen LogP contribution >= 0.6 is 0 Å². The van der Waals surface area contributed by atoms with Crippen LogP contribution < -0.4 is 10.9 Å². The van der Waals surface area contributed by atoms with Gasteiger partial charge in [-0.3, -0.25) is 4.98 Å². The molecule has 3 N–H and O–H groups in total. The molecule has 1 fully saturated rings. The Morgan fingerprint density at radius 3 is 2.63 bits per heavy atom. The van der Waals surface area contributed by atoms with Crippen LogP contribution in [-0.4, -0.2) is 21.0 Å². The highest BCUT2D eigenvalue weighted by molar-refractivity contribution is 5.85. The highest BCUT2D eigenvalue weighted by Gasteiger charge is 2.65. The number of carboxylic acid groups (broad SMARTS) is 1. The van der Waals surface area contributed by atoms with Gasteiger partial charge in [-0.2, -0.15) is 0 Å². The Bertz CT molecular complexity index is 1140. The van der Waals surface area contributed by atoms with Crippen molar-refractivity contribution in [3.05, 3.63) is 76.5 Å². The summed E-state index contributed by atoms with van der Waals surface area (Å²) in [5, 5.41) is 9.37. The Morgan fingerprint density at radius 1 is 1.20 bits per heavy atom. The van der Waals surface area contributed by atoms with E-state index in [4.69, 9.17) is 0 Å². The molecule has 2 heterocycles. The third-order valence-electron chi connectivity index (χ3n) is 7.02. The lowest BCUT2D eigenvalue weighted by molar-refractivity contribution is 0.0688. The molecular formula is C22H20F2N4O2. The van der Waals surface area contributed by atoms with Crippen molar-refractivity contribution < 1.29 is 18.7 Å². The van der Waals surface area contributed by atoms with Crippen molar-refractivity contribution in [3.8, 4) is 0 Å². The molecule has 2 atom stereocenters. The third kappa shape index (κ3) is 2.24. The van der Waals surface area contributed by atoms with Crippen LogP contribution in [-0.2, 0) is 5.41 Å². The van der Waals surface area contributed by atoms with E-state index >= 15 is 0 Å². The molecule has 1 saturated carbocycles. The predicted octanol–water partition coefficient (Wildman–Crippen LogP) is 3.54. The Kier molecular flexibility index (Phi) is 3.81. The van der Waals surface area contributed by atoms with Crippen LogP contribution in [0.25, 0.3) is 5.70 Å². The van der Waals surface area contributed by atoms with Gasteiger partial charge in [-0.15, -0.1) is 0 Å². The number of carboxylic acids is 1. The lowest BCUT2D eigenvalue weighted by Crippen LogP contribution is -2.46. The van der Waals surface area contributed by atoms with Crippen LogP contribution in [0.5, 0.6) is 0 Å². The van der Waals surface area contributed by atoms with Crippen molar-refractivity contribution in [2.75, 3.05) is 0 Å². The molecule has 2 bridgehead atoms. The molecule has 1 aromatic heterocycles. The van der Waals surface area contributed by atoms with Crippen LogP contribution in [0.1, 0.15) is 48.4 Å². The number of nitrogens with zero attached hydrogens (tertiary/aromatic N) is 2. The van der Waals surface area contributed by atoms with Crippen molar-refractivity contribution in [3.63, 3.8) is 0 Å². The summed E-state index contributed by atoms with van der Waals surface area (Å²) in [7, 11) is 0. The molecule has 2 aromatic rings. The summed E-state index contributed by atoms with van der Waals surface area (Å²) >= 11 is 0. The van der Waals surface area contributed by atoms with Crippen LogP contribution in [0.4, 0.5) is 8.78 Å². The van der Waals surface area contributed by atoms with Gasteiger partial charge in [0.25, 0.3) is 0 Å². The summed E-state index contributed by atoms with van der Waals surface area (Å²) in [4.78, 5) is 20.0. The van der Waals surface area contributed by atoms with Crippen LogP contribution in [0, 0.1) is 23.0 Å². The van der Waals surface area contributed by atoms with Crippen LogP contribution in [0.15, 0.2) is 47.9 Å². The van der Waals surface area contributed by atoms with E-state index in [1.54, 1.807) is 12.3 Å². The van der Waals surface area contributed by atoms with Gasteiger partial charge in [-0.25, -0.2) is 18.6 Å². The third-order valence-corrected chi connectivity index (χ3v) is 7.02. The first-order valence-corrected chi connectivity index (χ1v) is 9.76. The number of hydrogen-bond donors (Lipinski definition) is 3. The van der Waals surface area contributed by atoms with Gasteiger partial charge in [0, 0.05) is 11.9 Å². The second kappa shape index (κ2) is 6.10. The summed E-state index contributed by atoms with van der Waals surface area (Å²) in [6, 6.07) is 3.79. The van der Waals surface area contributed by atoms with Gasteiger partial charge in [0.1, 0.15) is 11.6 Å². The number of allylic oxidation sites excluding steroid dienone is 3. The summed E-state index contributed by atoms with van der Waals surface area (Å²) < 4.78 is 28.7. The largest absolute Gasteiger partial charge is 0.476 e. The molecule has 0 spiro atoms. The van der Waals surface area contributed by atoms with Gasteiger partial charge < -0.3 is 16.0 Å². The molecule has 6 nitrogen and oxygen atoms in total. The summed E-state index contributed by atoms with van der Waals surface area (Å²) in [5.74, 6) is -2.29. The number of aromatic carboxylic acids is 1. The number of benzene rings is 1. The number of hydrogen-bond acceptors (Lipinski definition) is 5. The quantitative estimate of drug-likeness (QED) is 0.718. The standard InChI is InChI=1S/C22H20F2N4O2/c1-21(2)12-6-7-22(21,17-10-25-9-16(26-17)20(29)30)19-11(12)8-15(27-28-19)18-13(23)4-3-5-14(18)24/h3-5,8-10,12,27-28H,6-7H2,1-2H3,(H,29,30)/t12-,22-/m0/s1. The minimum atomic E-state index is -1.13. The van der Waals surface area contributed by atoms with Crippen molar-refractivity contribution in [2.45, 2.75) is 32.1 Å². The van der Waals surface area contributed by atoms with E-state index in [0.717, 1.165) is 24.1 Å². The van der Waals surface area contributed by atoms with E-state index in [1.807, 2.05) is 0 Å². The highest BCUT2D eigenvalue weighted by atomic mass is 19.1. The minimum absolute atomic E-state index is 0.108. The fourth-order valence-electron chi connectivity index (χ4n) is 5.58. The van der Waals surface area contributed by atoms with Crippen molar-refractivity contribution >= 4 is 11.7 Å². The van der Waals surface area contributed by atoms with Gasteiger partial charge in [-0.05, 0) is 48.0 Å². The maximum absolute atomic E-state index is 14.3. The molecule has 0 saturated heterocycles. The second-order valence-corrected chi connectivity index (χ2v) is 8.55. The average molecular weight is 410 g/mol. The smallest absolute Gasteiger partial charge is 0.356 e. The molecule has 0 unspecified atom stereocenters. The fourth-order valence-corrected chi connectivity index (χ4v) is 5.58. The SMILES string of the molecule is CC1(C)[C@H]2CC[C@]1(c1cncc(C(=O)O)n1)C1=C2C=C(c2c(F)cccc2F)NN1. The number of rotatable bonds is 3. The number of halogens is 2.